The van der Waals surface area contributed by atoms with Crippen LogP contribution in [0.5, 0.6) is 0 Å². The molecule has 1 rings (SSSR count). The standard InChI is InChI=1S/C11H15BN2O5/c1-19-9-6(13-5-8(15)16)3-2-4-7(9)14-10(12)11(17)18/h10,14H,2-5H2,1H3,(H,15,16)(H,17,18). The number of nitrogens with zero attached hydrogens (tertiary/aromatic N) is 1. The van der Waals surface area contributed by atoms with Crippen LogP contribution in [-0.2, 0) is 14.3 Å². The van der Waals surface area contributed by atoms with Crippen LogP contribution < -0.4 is 5.32 Å². The molecule has 0 saturated heterocycles. The molecular weight excluding hydrogens is 251 g/mol. The second-order valence-electron chi connectivity index (χ2n) is 3.98. The van der Waals surface area contributed by atoms with E-state index in [0.717, 1.165) is 6.42 Å². The van der Waals surface area contributed by atoms with Gasteiger partial charge in [-0.3, -0.25) is 14.6 Å². The van der Waals surface area contributed by atoms with E-state index in [1.165, 1.54) is 7.11 Å². The zero-order valence-electron chi connectivity index (χ0n) is 10.5. The number of carboxylic acid groups (broad SMARTS) is 2. The van der Waals surface area contributed by atoms with Gasteiger partial charge in [-0.05, 0) is 19.3 Å². The van der Waals surface area contributed by atoms with Crippen molar-refractivity contribution in [1.82, 2.24) is 5.32 Å². The van der Waals surface area contributed by atoms with E-state index >= 15 is 0 Å². The normalized spacial score (nSPS) is 19.1. The highest BCUT2D eigenvalue weighted by molar-refractivity contribution is 6.22. The highest BCUT2D eigenvalue weighted by Gasteiger charge is 2.22. The third-order valence-corrected chi connectivity index (χ3v) is 2.58. The van der Waals surface area contributed by atoms with Crippen LogP contribution in [0.1, 0.15) is 19.3 Å². The van der Waals surface area contributed by atoms with Crippen LogP contribution in [0.2, 0.25) is 0 Å². The van der Waals surface area contributed by atoms with Crippen molar-refractivity contribution in [3.8, 4) is 0 Å². The van der Waals surface area contributed by atoms with Gasteiger partial charge in [0.15, 0.2) is 5.76 Å². The predicted molar refractivity (Wildman–Crippen MR) is 68.1 cm³/mol. The number of carboxylic acids is 2. The summed E-state index contributed by atoms with van der Waals surface area (Å²) in [6.07, 6.45) is 1.89. The van der Waals surface area contributed by atoms with Gasteiger partial charge in [0.2, 0.25) is 0 Å². The number of aliphatic imine (C=N–C) groups is 1. The molecule has 19 heavy (non-hydrogen) atoms. The Kier molecular flexibility index (Phi) is 5.41. The molecule has 0 amide bonds. The molecule has 0 saturated carbocycles. The summed E-state index contributed by atoms with van der Waals surface area (Å²) in [4.78, 5) is 25.2. The summed E-state index contributed by atoms with van der Waals surface area (Å²) in [5.74, 6) is -3.08. The van der Waals surface area contributed by atoms with Crippen LogP contribution in [0.4, 0.5) is 0 Å². The van der Waals surface area contributed by atoms with E-state index in [0.29, 0.717) is 30.0 Å². The van der Waals surface area contributed by atoms with Crippen LogP contribution in [-0.4, -0.2) is 55.3 Å². The summed E-state index contributed by atoms with van der Waals surface area (Å²) in [6, 6.07) is 0. The lowest BCUT2D eigenvalue weighted by Gasteiger charge is -2.23. The maximum atomic E-state index is 10.7. The van der Waals surface area contributed by atoms with E-state index in [4.69, 9.17) is 22.8 Å². The largest absolute Gasteiger partial charge is 0.493 e. The van der Waals surface area contributed by atoms with Gasteiger partial charge < -0.3 is 20.3 Å². The quantitative estimate of drug-likeness (QED) is 0.571. The van der Waals surface area contributed by atoms with Gasteiger partial charge in [0.25, 0.3) is 0 Å². The van der Waals surface area contributed by atoms with Crippen LogP contribution in [0.3, 0.4) is 0 Å². The van der Waals surface area contributed by atoms with Crippen molar-refractivity contribution in [3.05, 3.63) is 11.5 Å². The molecule has 2 radical (unpaired) electrons. The molecule has 0 aliphatic heterocycles. The first-order valence-electron chi connectivity index (χ1n) is 5.73. The van der Waals surface area contributed by atoms with Gasteiger partial charge in [0.05, 0.1) is 24.5 Å². The molecule has 1 aliphatic carbocycles. The van der Waals surface area contributed by atoms with E-state index in [9.17, 15) is 9.59 Å². The van der Waals surface area contributed by atoms with Crippen LogP contribution >= 0.6 is 0 Å². The molecule has 7 nitrogen and oxygen atoms in total. The number of rotatable bonds is 6. The molecule has 0 bridgehead atoms. The average Bonchev–Trinajstić information content (AvgIpc) is 2.36. The summed E-state index contributed by atoms with van der Waals surface area (Å²) in [5, 5.41) is 20.0. The van der Waals surface area contributed by atoms with E-state index in [2.05, 4.69) is 10.3 Å². The number of allylic oxidation sites excluding steroid dienone is 2. The number of ether oxygens (including phenoxy) is 1. The molecule has 1 aliphatic rings. The van der Waals surface area contributed by atoms with Gasteiger partial charge in [-0.15, -0.1) is 0 Å². The monoisotopic (exact) mass is 266 g/mol. The minimum atomic E-state index is -1.24. The number of methoxy groups -OCH3 is 1. The topological polar surface area (TPSA) is 108 Å². The lowest BCUT2D eigenvalue weighted by atomic mass is 9.93. The van der Waals surface area contributed by atoms with Crippen molar-refractivity contribution in [1.29, 1.82) is 0 Å². The predicted octanol–water partition coefficient (Wildman–Crippen LogP) is -0.277. The van der Waals surface area contributed by atoms with Gasteiger partial charge in [-0.2, -0.15) is 0 Å². The van der Waals surface area contributed by atoms with Gasteiger partial charge in [-0.1, -0.05) is 0 Å². The molecular formula is C11H15BN2O5. The Morgan fingerprint density at radius 1 is 1.47 bits per heavy atom. The minimum Gasteiger partial charge on any atom is -0.493 e. The van der Waals surface area contributed by atoms with Crippen molar-refractivity contribution < 1.29 is 24.5 Å². The molecule has 0 aromatic heterocycles. The number of hydrogen-bond donors (Lipinski definition) is 3. The zero-order valence-corrected chi connectivity index (χ0v) is 10.5. The Morgan fingerprint density at radius 2 is 2.16 bits per heavy atom. The highest BCUT2D eigenvalue weighted by Crippen LogP contribution is 2.22. The molecule has 3 N–H and O–H groups in total. The molecule has 1 unspecified atom stereocenters. The molecule has 0 aromatic carbocycles. The van der Waals surface area contributed by atoms with Gasteiger partial charge in [0.1, 0.15) is 14.4 Å². The summed E-state index contributed by atoms with van der Waals surface area (Å²) in [6.45, 7) is -0.347. The summed E-state index contributed by atoms with van der Waals surface area (Å²) < 4.78 is 5.17. The summed E-state index contributed by atoms with van der Waals surface area (Å²) in [5.41, 5.74) is 1.05. The number of carbonyl (C=O) groups is 2. The van der Waals surface area contributed by atoms with Crippen molar-refractivity contribution in [3.63, 3.8) is 0 Å². The number of nitrogens with one attached hydrogen (secondary N) is 1. The van der Waals surface area contributed by atoms with Crippen molar-refractivity contribution in [2.24, 2.45) is 4.99 Å². The Bertz CT molecular complexity index is 433. The highest BCUT2D eigenvalue weighted by atomic mass is 16.5. The Balaban J connectivity index is 2.93. The van der Waals surface area contributed by atoms with Crippen LogP contribution in [0.25, 0.3) is 0 Å². The molecule has 8 heteroatoms. The summed E-state index contributed by atoms with van der Waals surface area (Å²) >= 11 is 0. The Labute approximate surface area is 111 Å². The maximum absolute atomic E-state index is 10.7. The first-order valence-corrected chi connectivity index (χ1v) is 5.73. The van der Waals surface area contributed by atoms with E-state index in [-0.39, 0.29) is 6.54 Å². The second-order valence-corrected chi connectivity index (χ2v) is 3.98. The minimum absolute atomic E-state index is 0.347. The van der Waals surface area contributed by atoms with E-state index < -0.39 is 17.9 Å². The SMILES string of the molecule is [B]C(NC1=C(OC)C(=NCC(=O)O)CCC1)C(=O)O. The molecule has 1 atom stereocenters. The fourth-order valence-electron chi connectivity index (χ4n) is 1.78. The zero-order chi connectivity index (χ0) is 14.4. The van der Waals surface area contributed by atoms with E-state index in [1.54, 1.807) is 0 Å². The fourth-order valence-corrected chi connectivity index (χ4v) is 1.78. The summed E-state index contributed by atoms with van der Waals surface area (Å²) in [7, 11) is 6.82. The van der Waals surface area contributed by atoms with Gasteiger partial charge in [-0.25, -0.2) is 0 Å². The molecule has 0 spiro atoms. The molecule has 0 heterocycles. The van der Waals surface area contributed by atoms with Crippen molar-refractivity contribution >= 4 is 25.5 Å². The molecule has 0 aromatic rings. The van der Waals surface area contributed by atoms with Crippen LogP contribution in [0, 0.1) is 0 Å². The first-order chi connectivity index (χ1) is 8.95. The average molecular weight is 266 g/mol. The van der Waals surface area contributed by atoms with Gasteiger partial charge >= 0.3 is 11.9 Å². The van der Waals surface area contributed by atoms with E-state index in [1.807, 2.05) is 0 Å². The molecule has 0 fully saturated rings. The lowest BCUT2D eigenvalue weighted by molar-refractivity contribution is -0.137. The van der Waals surface area contributed by atoms with Crippen LogP contribution in [0.15, 0.2) is 16.4 Å². The number of aliphatic carboxylic acids is 2. The van der Waals surface area contributed by atoms with Crippen molar-refractivity contribution in [2.75, 3.05) is 13.7 Å². The Hall–Kier alpha value is -1.99. The smallest absolute Gasteiger partial charge is 0.325 e. The third-order valence-electron chi connectivity index (χ3n) is 2.58. The van der Waals surface area contributed by atoms with Gasteiger partial charge in [0, 0.05) is 0 Å². The lowest BCUT2D eigenvalue weighted by Crippen LogP contribution is -2.38. The second kappa shape index (κ2) is 6.82. The third kappa shape index (κ3) is 4.31. The Morgan fingerprint density at radius 3 is 2.68 bits per heavy atom. The fraction of sp³-hybridized carbons (Fsp3) is 0.545. The maximum Gasteiger partial charge on any atom is 0.325 e. The van der Waals surface area contributed by atoms with Crippen molar-refractivity contribution in [2.45, 2.75) is 25.2 Å². The number of hydrogen-bond acceptors (Lipinski definition) is 5. The first kappa shape index (κ1) is 15.1. The molecule has 102 valence electrons.